The van der Waals surface area contributed by atoms with E-state index in [0.29, 0.717) is 6.04 Å². The molecule has 0 unspecified atom stereocenters. The highest BCUT2D eigenvalue weighted by molar-refractivity contribution is 6.55. The third-order valence-electron chi connectivity index (χ3n) is 5.17. The number of rotatable bonds is 4. The third-order valence-corrected chi connectivity index (χ3v) is 7.41. The molecule has 0 bridgehead atoms. The molecule has 0 aliphatic heterocycles. The highest BCUT2D eigenvalue weighted by Gasteiger charge is 2.36. The Hall–Kier alpha value is -0.150. The van der Waals surface area contributed by atoms with Gasteiger partial charge in [0.1, 0.15) is 10.0 Å². The highest BCUT2D eigenvalue weighted by atomic mass is 35.5. The Bertz CT molecular complexity index is 720. The monoisotopic (exact) mass is 468 g/mol. The lowest BCUT2D eigenvalue weighted by Gasteiger charge is -2.33. The van der Waals surface area contributed by atoms with E-state index in [0.717, 1.165) is 44.9 Å². The maximum atomic E-state index is 6.34. The van der Waals surface area contributed by atoms with Crippen molar-refractivity contribution >= 4 is 64.0 Å². The van der Waals surface area contributed by atoms with Crippen LogP contribution >= 0.6 is 58.0 Å². The second-order valence-corrected chi connectivity index (χ2v) is 9.03. The zero-order chi connectivity index (χ0) is 19.4. The molecule has 0 amide bonds. The summed E-state index contributed by atoms with van der Waals surface area (Å²) in [6, 6.07) is 3.21. The quantitative estimate of drug-likeness (QED) is 0.247. The van der Waals surface area contributed by atoms with Gasteiger partial charge in [0, 0.05) is 12.8 Å². The van der Waals surface area contributed by atoms with Gasteiger partial charge in [-0.25, -0.2) is 4.99 Å². The summed E-state index contributed by atoms with van der Waals surface area (Å²) in [5, 5.41) is 0.628. The summed E-state index contributed by atoms with van der Waals surface area (Å²) in [6.07, 6.45) is 10.4. The molecule has 0 heterocycles. The van der Waals surface area contributed by atoms with Crippen LogP contribution in [0.25, 0.3) is 0 Å². The van der Waals surface area contributed by atoms with Crippen LogP contribution in [0, 0.1) is 0 Å². The van der Waals surface area contributed by atoms with Crippen molar-refractivity contribution in [1.82, 2.24) is 0 Å². The van der Waals surface area contributed by atoms with Gasteiger partial charge >= 0.3 is 0 Å². The zero-order valence-electron chi connectivity index (χ0n) is 14.8. The van der Waals surface area contributed by atoms with Crippen LogP contribution in [0.15, 0.2) is 9.98 Å². The van der Waals surface area contributed by atoms with Crippen LogP contribution in [0.4, 0.5) is 0 Å². The minimum Gasteiger partial charge on any atom is -0.462 e. The Balaban J connectivity index is 1.91. The van der Waals surface area contributed by atoms with Gasteiger partial charge in [-0.2, -0.15) is 4.99 Å². The molecule has 1 aromatic carbocycles. The summed E-state index contributed by atoms with van der Waals surface area (Å²) in [5.74, 6) is 0.211. The summed E-state index contributed by atoms with van der Waals surface area (Å²) in [5.41, 5.74) is -0.815. The van der Waals surface area contributed by atoms with Crippen LogP contribution in [0.5, 0.6) is 5.75 Å². The number of hydrogen-bond acceptors (Lipinski definition) is 3. The molecule has 1 aromatic rings. The molecule has 2 aliphatic rings. The maximum Gasteiger partial charge on any atom is 0.210 e. The second kappa shape index (κ2) is 9.57. The van der Waals surface area contributed by atoms with Crippen molar-refractivity contribution in [3.05, 3.63) is 25.1 Å². The lowest BCUT2D eigenvalue weighted by molar-refractivity contribution is 0.0399. The number of aliphatic imine (C=N–C) groups is 2. The molecule has 2 aliphatic carbocycles. The van der Waals surface area contributed by atoms with E-state index < -0.39 is 5.72 Å². The molecule has 0 N–H and O–H groups in total. The summed E-state index contributed by atoms with van der Waals surface area (Å²) < 4.78 is 6.23. The van der Waals surface area contributed by atoms with Crippen molar-refractivity contribution in [1.29, 1.82) is 0 Å². The molecule has 0 atom stereocenters. The van der Waals surface area contributed by atoms with Crippen LogP contribution < -0.4 is 4.74 Å². The Labute approximate surface area is 185 Å². The summed E-state index contributed by atoms with van der Waals surface area (Å²) in [7, 11) is 0. The minimum absolute atomic E-state index is 0.112. The van der Waals surface area contributed by atoms with Gasteiger partial charge < -0.3 is 4.74 Å². The van der Waals surface area contributed by atoms with Crippen molar-refractivity contribution < 1.29 is 4.74 Å². The topological polar surface area (TPSA) is 34.0 Å². The SMILES string of the molecule is Clc1c(Cl)c(Cl)c(OC2(N=C=NC3CCCCC3)CCCCC2)c(Cl)c1Cl. The molecule has 0 radical (unpaired) electrons. The molecule has 8 heteroatoms. The Kier molecular flexibility index (Phi) is 7.64. The molecule has 0 aromatic heterocycles. The van der Waals surface area contributed by atoms with Gasteiger partial charge in [0.15, 0.2) is 5.75 Å². The molecular weight excluding hydrogens is 449 g/mol. The lowest BCUT2D eigenvalue weighted by atomic mass is 9.92. The van der Waals surface area contributed by atoms with E-state index >= 15 is 0 Å². The fourth-order valence-corrected chi connectivity index (χ4v) is 4.82. The first-order chi connectivity index (χ1) is 12.9. The van der Waals surface area contributed by atoms with E-state index in [1.807, 2.05) is 0 Å². The fourth-order valence-electron chi connectivity index (χ4n) is 3.62. The smallest absolute Gasteiger partial charge is 0.210 e. The number of hydrogen-bond donors (Lipinski definition) is 0. The van der Waals surface area contributed by atoms with Gasteiger partial charge in [0.2, 0.25) is 5.72 Å². The van der Waals surface area contributed by atoms with Crippen LogP contribution in [0.3, 0.4) is 0 Å². The number of benzene rings is 1. The average molecular weight is 471 g/mol. The fraction of sp³-hybridized carbons (Fsp3) is 0.632. The number of nitrogens with zero attached hydrogens (tertiary/aromatic N) is 2. The molecule has 0 saturated heterocycles. The molecular formula is C19H21Cl5N2O. The second-order valence-electron chi connectivity index (χ2n) is 7.14. The molecule has 3 rings (SSSR count). The van der Waals surface area contributed by atoms with Gasteiger partial charge in [-0.3, -0.25) is 0 Å². The van der Waals surface area contributed by atoms with Gasteiger partial charge in [-0.1, -0.05) is 83.7 Å². The average Bonchev–Trinajstić information content (AvgIpc) is 2.70. The van der Waals surface area contributed by atoms with Gasteiger partial charge in [0.25, 0.3) is 0 Å². The van der Waals surface area contributed by atoms with E-state index in [2.05, 4.69) is 16.0 Å². The first-order valence-electron chi connectivity index (χ1n) is 9.31. The van der Waals surface area contributed by atoms with Crippen LogP contribution in [0.1, 0.15) is 64.2 Å². The van der Waals surface area contributed by atoms with Crippen molar-refractivity contribution in [2.24, 2.45) is 9.98 Å². The third kappa shape index (κ3) is 5.07. The molecule has 2 fully saturated rings. The Morgan fingerprint density at radius 3 is 1.85 bits per heavy atom. The Morgan fingerprint density at radius 1 is 0.741 bits per heavy atom. The first-order valence-corrected chi connectivity index (χ1v) is 11.2. The van der Waals surface area contributed by atoms with E-state index in [1.54, 1.807) is 0 Å². The lowest BCUT2D eigenvalue weighted by Crippen LogP contribution is -2.36. The molecule has 148 valence electrons. The summed E-state index contributed by atoms with van der Waals surface area (Å²) >= 11 is 31.1. The predicted octanol–water partition coefficient (Wildman–Crippen LogP) is 8.50. The minimum atomic E-state index is -0.815. The summed E-state index contributed by atoms with van der Waals surface area (Å²) in [4.78, 5) is 9.11. The maximum absolute atomic E-state index is 6.34. The standard InChI is InChI=1S/C19H21Cl5N2O/c20-13-14(21)16(23)18(17(24)15(13)22)27-19(9-5-2-6-10-19)26-11-25-12-7-3-1-4-8-12/h12H,1-10H2. The highest BCUT2D eigenvalue weighted by Crippen LogP contribution is 2.50. The van der Waals surface area contributed by atoms with Crippen molar-refractivity contribution in [3.63, 3.8) is 0 Å². The molecule has 0 spiro atoms. The van der Waals surface area contributed by atoms with Crippen LogP contribution in [-0.2, 0) is 0 Å². The van der Waals surface area contributed by atoms with E-state index in [-0.39, 0.29) is 30.9 Å². The zero-order valence-corrected chi connectivity index (χ0v) is 18.6. The largest absolute Gasteiger partial charge is 0.462 e. The van der Waals surface area contributed by atoms with E-state index in [4.69, 9.17) is 62.7 Å². The predicted molar refractivity (Wildman–Crippen MR) is 115 cm³/mol. The van der Waals surface area contributed by atoms with Crippen molar-refractivity contribution in [2.45, 2.75) is 76.0 Å². The van der Waals surface area contributed by atoms with Crippen LogP contribution in [-0.4, -0.2) is 17.8 Å². The van der Waals surface area contributed by atoms with Gasteiger partial charge in [0.05, 0.1) is 27.1 Å². The van der Waals surface area contributed by atoms with E-state index in [1.165, 1.54) is 19.3 Å². The van der Waals surface area contributed by atoms with E-state index in [9.17, 15) is 0 Å². The molecule has 3 nitrogen and oxygen atoms in total. The molecule has 27 heavy (non-hydrogen) atoms. The van der Waals surface area contributed by atoms with Crippen molar-refractivity contribution in [3.8, 4) is 5.75 Å². The first kappa shape index (κ1) is 21.6. The van der Waals surface area contributed by atoms with Crippen molar-refractivity contribution in [2.75, 3.05) is 0 Å². The number of halogens is 5. The normalized spacial score (nSPS) is 20.0. The summed E-state index contributed by atoms with van der Waals surface area (Å²) in [6.45, 7) is 0. The van der Waals surface area contributed by atoms with Gasteiger partial charge in [-0.15, -0.1) is 0 Å². The Morgan fingerprint density at radius 2 is 1.26 bits per heavy atom. The van der Waals surface area contributed by atoms with Crippen LogP contribution in [0.2, 0.25) is 25.1 Å². The van der Waals surface area contributed by atoms with Gasteiger partial charge in [-0.05, 0) is 25.7 Å². The number of ether oxygens (including phenoxy) is 1. The molecule has 2 saturated carbocycles.